The third kappa shape index (κ3) is 5.86. The van der Waals surface area contributed by atoms with Gasteiger partial charge in [0.25, 0.3) is 5.91 Å². The Balaban J connectivity index is 1.62. The van der Waals surface area contributed by atoms with Gasteiger partial charge in [-0.3, -0.25) is 14.8 Å². The summed E-state index contributed by atoms with van der Waals surface area (Å²) >= 11 is 0. The number of fused-ring (bicyclic) bond motifs is 1. The van der Waals surface area contributed by atoms with Gasteiger partial charge < -0.3 is 20.8 Å². The maximum Gasteiger partial charge on any atom is 0.261 e. The number of carbonyl (C=O) groups excluding carboxylic acids is 2. The van der Waals surface area contributed by atoms with Crippen molar-refractivity contribution in [3.8, 4) is 5.75 Å². The van der Waals surface area contributed by atoms with E-state index in [1.54, 1.807) is 17.6 Å². The van der Waals surface area contributed by atoms with E-state index in [0.29, 0.717) is 12.0 Å². The molecule has 6 N–H and O–H groups in total. The predicted octanol–water partition coefficient (Wildman–Crippen LogP) is 1.99. The van der Waals surface area contributed by atoms with Gasteiger partial charge in [0.2, 0.25) is 5.91 Å². The zero-order valence-corrected chi connectivity index (χ0v) is 19.1. The summed E-state index contributed by atoms with van der Waals surface area (Å²) in [7, 11) is 0. The molecule has 0 aromatic heterocycles. The third-order valence-corrected chi connectivity index (χ3v) is 6.37. The number of hydrogen-bond acceptors (Lipinski definition) is 6. The van der Waals surface area contributed by atoms with E-state index in [0.717, 1.165) is 16.7 Å². The molecule has 0 saturated heterocycles. The lowest BCUT2D eigenvalue weighted by Crippen LogP contribution is -2.54. The second-order valence-electron chi connectivity index (χ2n) is 8.76. The number of hydroxylamine groups is 1. The van der Waals surface area contributed by atoms with Gasteiger partial charge in [-0.25, -0.2) is 5.48 Å². The number of aromatic hydroxyl groups is 1. The normalized spacial score (nSPS) is 18.3. The molecule has 35 heavy (non-hydrogen) atoms. The van der Waals surface area contributed by atoms with E-state index < -0.39 is 35.9 Å². The smallest absolute Gasteiger partial charge is 0.261 e. The molecule has 1 aliphatic carbocycles. The number of hydrogen-bond donors (Lipinski definition) is 6. The number of benzene rings is 3. The van der Waals surface area contributed by atoms with Gasteiger partial charge in [-0.15, -0.1) is 0 Å². The number of rotatable bonds is 9. The number of aliphatic hydroxyl groups excluding tert-OH is 1. The first kappa shape index (κ1) is 24.4. The molecule has 3 aromatic rings. The van der Waals surface area contributed by atoms with Crippen LogP contribution in [0, 0.1) is 5.92 Å². The van der Waals surface area contributed by atoms with Crippen molar-refractivity contribution in [2.75, 3.05) is 0 Å². The summed E-state index contributed by atoms with van der Waals surface area (Å²) in [5.74, 6) is -2.12. The van der Waals surface area contributed by atoms with Crippen LogP contribution in [-0.4, -0.2) is 39.4 Å². The minimum Gasteiger partial charge on any atom is -0.508 e. The highest BCUT2D eigenvalue weighted by molar-refractivity contribution is 5.90. The van der Waals surface area contributed by atoms with E-state index in [9.17, 15) is 25.0 Å². The van der Waals surface area contributed by atoms with Crippen molar-refractivity contribution >= 4 is 11.8 Å². The first-order valence-electron chi connectivity index (χ1n) is 11.5. The molecule has 0 radical (unpaired) electrons. The first-order chi connectivity index (χ1) is 17.0. The SMILES string of the molecule is O=C(NO)[C@@H](NCc1ccccc1)[C@@H](Cc1cccc(O)c1)C(=O)N[C@H]1c2ccccc2C[C@H]1O. The van der Waals surface area contributed by atoms with Gasteiger partial charge in [0.1, 0.15) is 11.8 Å². The molecule has 0 spiro atoms. The third-order valence-electron chi connectivity index (χ3n) is 6.37. The van der Waals surface area contributed by atoms with E-state index in [1.807, 2.05) is 54.6 Å². The first-order valence-corrected chi connectivity index (χ1v) is 11.5. The number of amides is 2. The second kappa shape index (κ2) is 11.1. The van der Waals surface area contributed by atoms with Crippen LogP contribution in [0.15, 0.2) is 78.9 Å². The van der Waals surface area contributed by atoms with Gasteiger partial charge in [0, 0.05) is 13.0 Å². The molecule has 0 unspecified atom stereocenters. The van der Waals surface area contributed by atoms with Crippen molar-refractivity contribution in [1.29, 1.82) is 0 Å². The lowest BCUT2D eigenvalue weighted by Gasteiger charge is -2.28. The molecule has 0 saturated carbocycles. The standard InChI is InChI=1S/C27H29N3O5/c31-20-11-6-9-18(13-20)14-22(25(27(34)30-35)28-16-17-7-2-1-3-8-17)26(33)29-24-21-12-5-4-10-19(21)15-23(24)32/h1-13,22-25,28,31-32,35H,14-16H2,(H,29,33)(H,30,34)/t22-,23-,24+,25+/m1/s1. The van der Waals surface area contributed by atoms with Crippen molar-refractivity contribution in [3.63, 3.8) is 0 Å². The molecule has 8 heteroatoms. The van der Waals surface area contributed by atoms with Gasteiger partial charge >= 0.3 is 0 Å². The van der Waals surface area contributed by atoms with Crippen LogP contribution in [0.1, 0.15) is 28.3 Å². The number of carbonyl (C=O) groups is 2. The molecule has 0 heterocycles. The minimum atomic E-state index is -1.09. The summed E-state index contributed by atoms with van der Waals surface area (Å²) in [6.45, 7) is 0.289. The minimum absolute atomic E-state index is 0.0437. The van der Waals surface area contributed by atoms with Crippen LogP contribution in [0.4, 0.5) is 0 Å². The highest BCUT2D eigenvalue weighted by Crippen LogP contribution is 2.32. The highest BCUT2D eigenvalue weighted by atomic mass is 16.5. The van der Waals surface area contributed by atoms with Gasteiger partial charge in [-0.1, -0.05) is 66.7 Å². The number of phenolic OH excluding ortho intramolecular Hbond substituents is 1. The maximum absolute atomic E-state index is 13.6. The van der Waals surface area contributed by atoms with Crippen LogP contribution in [0.25, 0.3) is 0 Å². The van der Waals surface area contributed by atoms with E-state index >= 15 is 0 Å². The Labute approximate surface area is 203 Å². The highest BCUT2D eigenvalue weighted by Gasteiger charge is 2.38. The Hall–Kier alpha value is -3.72. The molecule has 4 rings (SSSR count). The maximum atomic E-state index is 13.6. The molecular weight excluding hydrogens is 446 g/mol. The van der Waals surface area contributed by atoms with Gasteiger partial charge in [-0.05, 0) is 40.8 Å². The summed E-state index contributed by atoms with van der Waals surface area (Å²) in [6, 6.07) is 21.7. The van der Waals surface area contributed by atoms with Crippen LogP contribution >= 0.6 is 0 Å². The lowest BCUT2D eigenvalue weighted by molar-refractivity contribution is -0.138. The fourth-order valence-corrected chi connectivity index (χ4v) is 4.62. The van der Waals surface area contributed by atoms with E-state index in [2.05, 4.69) is 10.6 Å². The summed E-state index contributed by atoms with van der Waals surface area (Å²) in [4.78, 5) is 26.4. The fraction of sp³-hybridized carbons (Fsp3) is 0.259. The molecule has 182 valence electrons. The quantitative estimate of drug-likeness (QED) is 0.207. The van der Waals surface area contributed by atoms with E-state index in [1.165, 1.54) is 12.1 Å². The zero-order valence-electron chi connectivity index (χ0n) is 19.1. The Bertz CT molecular complexity index is 1170. The topological polar surface area (TPSA) is 131 Å². The molecule has 1 aliphatic rings. The average Bonchev–Trinajstić information content (AvgIpc) is 3.18. The van der Waals surface area contributed by atoms with Crippen LogP contribution in [0.2, 0.25) is 0 Å². The van der Waals surface area contributed by atoms with Crippen molar-refractivity contribution in [2.24, 2.45) is 5.92 Å². The molecule has 0 fully saturated rings. The van der Waals surface area contributed by atoms with Crippen LogP contribution in [0.3, 0.4) is 0 Å². The van der Waals surface area contributed by atoms with Gasteiger partial charge in [0.15, 0.2) is 0 Å². The Morgan fingerprint density at radius 2 is 1.63 bits per heavy atom. The van der Waals surface area contributed by atoms with Crippen molar-refractivity contribution < 1.29 is 25.0 Å². The molecular formula is C27H29N3O5. The number of phenols is 1. The Morgan fingerprint density at radius 1 is 0.914 bits per heavy atom. The van der Waals surface area contributed by atoms with Crippen LogP contribution < -0.4 is 16.1 Å². The van der Waals surface area contributed by atoms with Gasteiger partial charge in [0.05, 0.1) is 18.1 Å². The summed E-state index contributed by atoms with van der Waals surface area (Å²) in [5, 5.41) is 36.0. The molecule has 4 atom stereocenters. The monoisotopic (exact) mass is 475 g/mol. The molecule has 0 aliphatic heterocycles. The number of aliphatic hydroxyl groups is 1. The van der Waals surface area contributed by atoms with Crippen molar-refractivity contribution in [1.82, 2.24) is 16.1 Å². The fourth-order valence-electron chi connectivity index (χ4n) is 4.62. The molecule has 3 aromatic carbocycles. The van der Waals surface area contributed by atoms with Crippen LogP contribution in [0.5, 0.6) is 5.75 Å². The van der Waals surface area contributed by atoms with Gasteiger partial charge in [-0.2, -0.15) is 0 Å². The molecule has 2 amide bonds. The number of nitrogens with one attached hydrogen (secondary N) is 3. The second-order valence-corrected chi connectivity index (χ2v) is 8.76. The van der Waals surface area contributed by atoms with Crippen LogP contribution in [-0.2, 0) is 29.0 Å². The Kier molecular flexibility index (Phi) is 7.77. The van der Waals surface area contributed by atoms with Crippen molar-refractivity contribution in [3.05, 3.63) is 101 Å². The average molecular weight is 476 g/mol. The lowest BCUT2D eigenvalue weighted by atomic mass is 9.89. The molecule has 8 nitrogen and oxygen atoms in total. The summed E-state index contributed by atoms with van der Waals surface area (Å²) in [5.41, 5.74) is 5.02. The van der Waals surface area contributed by atoms with E-state index in [4.69, 9.17) is 0 Å². The summed E-state index contributed by atoms with van der Waals surface area (Å²) in [6.07, 6.45) is -0.254. The predicted molar refractivity (Wildman–Crippen MR) is 129 cm³/mol. The van der Waals surface area contributed by atoms with E-state index in [-0.39, 0.29) is 18.7 Å². The van der Waals surface area contributed by atoms with Crippen molar-refractivity contribution in [2.45, 2.75) is 37.6 Å². The molecule has 0 bridgehead atoms. The zero-order chi connectivity index (χ0) is 24.8. The summed E-state index contributed by atoms with van der Waals surface area (Å²) < 4.78 is 0. The Morgan fingerprint density at radius 3 is 2.37 bits per heavy atom. The largest absolute Gasteiger partial charge is 0.508 e.